The maximum absolute atomic E-state index is 11.9. The summed E-state index contributed by atoms with van der Waals surface area (Å²) in [4.78, 5) is 15.8. The molecule has 1 heterocycles. The maximum Gasteiger partial charge on any atom is 0.234 e. The zero-order chi connectivity index (χ0) is 14.7. The van der Waals surface area contributed by atoms with Crippen molar-refractivity contribution >= 4 is 77.1 Å². The van der Waals surface area contributed by atoms with Crippen molar-refractivity contribution < 1.29 is 4.79 Å². The van der Waals surface area contributed by atoms with E-state index >= 15 is 0 Å². The Morgan fingerprint density at radius 1 is 1.35 bits per heavy atom. The molecule has 10 heteroatoms. The summed E-state index contributed by atoms with van der Waals surface area (Å²) in [5.41, 5.74) is 6.08. The fraction of sp³-hybridized carbons (Fsp3) is 0.100. The van der Waals surface area contributed by atoms with Gasteiger partial charge in [0.25, 0.3) is 0 Å². The molecule has 20 heavy (non-hydrogen) atoms. The van der Waals surface area contributed by atoms with Gasteiger partial charge in [0.1, 0.15) is 0 Å². The molecule has 2 aromatic rings. The molecule has 2 rings (SSSR count). The molecule has 1 aromatic carbocycles. The average Bonchev–Trinajstić information content (AvgIpc) is 2.77. The molecule has 0 aliphatic carbocycles. The summed E-state index contributed by atoms with van der Waals surface area (Å²) in [7, 11) is 0. The number of nitrogens with one attached hydrogen (secondary N) is 2. The van der Waals surface area contributed by atoms with E-state index in [2.05, 4.69) is 68.3 Å². The number of H-pyrrole nitrogens is 1. The number of nitrogens with two attached hydrogens (primary N) is 1. The number of anilines is 2. The second kappa shape index (κ2) is 6.92. The van der Waals surface area contributed by atoms with Gasteiger partial charge in [-0.15, -0.1) is 5.10 Å². The van der Waals surface area contributed by atoms with Crippen molar-refractivity contribution in [2.75, 3.05) is 16.8 Å². The third kappa shape index (κ3) is 4.21. The number of nitrogen functional groups attached to an aromatic ring is 1. The van der Waals surface area contributed by atoms with E-state index in [1.54, 1.807) is 0 Å². The van der Waals surface area contributed by atoms with Crippen molar-refractivity contribution in [2.24, 2.45) is 0 Å². The summed E-state index contributed by atoms with van der Waals surface area (Å²) in [5, 5.41) is 9.60. The number of hydrogen-bond donors (Lipinski definition) is 3. The van der Waals surface area contributed by atoms with Gasteiger partial charge in [0.2, 0.25) is 17.0 Å². The molecule has 0 bridgehead atoms. The molecule has 0 aliphatic rings. The Kier molecular flexibility index (Phi) is 5.47. The molecule has 0 fully saturated rings. The van der Waals surface area contributed by atoms with Crippen LogP contribution in [0.15, 0.2) is 30.7 Å². The number of carbonyl (C=O) groups is 1. The molecule has 0 unspecified atom stereocenters. The lowest BCUT2D eigenvalue weighted by molar-refractivity contribution is -0.113. The molecular formula is C10H8Br3N5OS. The van der Waals surface area contributed by atoms with E-state index < -0.39 is 0 Å². The molecule has 6 nitrogen and oxygen atoms in total. The van der Waals surface area contributed by atoms with E-state index in [9.17, 15) is 4.79 Å². The van der Waals surface area contributed by atoms with E-state index in [0.717, 1.165) is 13.4 Å². The minimum absolute atomic E-state index is 0.165. The Balaban J connectivity index is 1.98. The minimum Gasteiger partial charge on any atom is -0.368 e. The van der Waals surface area contributed by atoms with E-state index in [-0.39, 0.29) is 17.6 Å². The van der Waals surface area contributed by atoms with Gasteiger partial charge >= 0.3 is 0 Å². The Labute approximate surface area is 144 Å². The van der Waals surface area contributed by atoms with Crippen molar-refractivity contribution in [3.05, 3.63) is 25.6 Å². The molecule has 4 N–H and O–H groups in total. The van der Waals surface area contributed by atoms with Gasteiger partial charge in [-0.3, -0.25) is 4.79 Å². The molecular weight excluding hydrogens is 478 g/mol. The zero-order valence-corrected chi connectivity index (χ0v) is 15.4. The molecule has 0 saturated carbocycles. The monoisotopic (exact) mass is 483 g/mol. The number of halogens is 3. The summed E-state index contributed by atoms with van der Waals surface area (Å²) in [6.45, 7) is 0. The van der Waals surface area contributed by atoms with Gasteiger partial charge < -0.3 is 11.1 Å². The molecule has 0 aliphatic heterocycles. The van der Waals surface area contributed by atoms with Crippen LogP contribution in [0, 0.1) is 0 Å². The minimum atomic E-state index is -0.165. The quantitative estimate of drug-likeness (QED) is 0.577. The number of aromatic amines is 1. The van der Waals surface area contributed by atoms with Crippen LogP contribution in [-0.2, 0) is 4.79 Å². The largest absolute Gasteiger partial charge is 0.368 e. The summed E-state index contributed by atoms with van der Waals surface area (Å²) < 4.78 is 2.46. The topological polar surface area (TPSA) is 96.7 Å². The molecule has 0 atom stereocenters. The van der Waals surface area contributed by atoms with Gasteiger partial charge in [0.05, 0.1) is 11.4 Å². The summed E-state index contributed by atoms with van der Waals surface area (Å²) in [5.74, 6) is 0.250. The Hall–Kier alpha value is -0.580. The number of aromatic nitrogens is 3. The lowest BCUT2D eigenvalue weighted by Crippen LogP contribution is -2.15. The number of amides is 1. The van der Waals surface area contributed by atoms with Crippen LogP contribution in [0.2, 0.25) is 0 Å². The Bertz CT molecular complexity index is 625. The third-order valence-electron chi connectivity index (χ3n) is 2.09. The Morgan fingerprint density at radius 3 is 2.55 bits per heavy atom. The first kappa shape index (κ1) is 15.8. The van der Waals surface area contributed by atoms with Gasteiger partial charge in [-0.1, -0.05) is 27.7 Å². The lowest BCUT2D eigenvalue weighted by atomic mass is 10.3. The first-order valence-electron chi connectivity index (χ1n) is 5.21. The van der Waals surface area contributed by atoms with Crippen molar-refractivity contribution in [1.82, 2.24) is 15.2 Å². The third-order valence-corrected chi connectivity index (χ3v) is 4.64. The van der Waals surface area contributed by atoms with Crippen molar-refractivity contribution in [2.45, 2.75) is 5.16 Å². The number of nitrogens with zero attached hydrogens (tertiary/aromatic N) is 2. The zero-order valence-electron chi connectivity index (χ0n) is 9.78. The standard InChI is InChI=1S/C10H8Br3N5OS/c11-4-1-5(12)8(6(13)2-4)15-7(19)3-20-10-16-9(14)17-18-10/h1-2H,3H2,(H,15,19)(H3,14,16,17,18). The van der Waals surface area contributed by atoms with Crippen LogP contribution in [0.25, 0.3) is 0 Å². The van der Waals surface area contributed by atoms with Crippen molar-refractivity contribution in [3.63, 3.8) is 0 Å². The van der Waals surface area contributed by atoms with E-state index in [1.807, 2.05) is 12.1 Å². The van der Waals surface area contributed by atoms with Crippen LogP contribution in [0.4, 0.5) is 11.6 Å². The van der Waals surface area contributed by atoms with E-state index in [0.29, 0.717) is 10.8 Å². The van der Waals surface area contributed by atoms with Crippen LogP contribution in [0.5, 0.6) is 0 Å². The average molecular weight is 486 g/mol. The summed E-state index contributed by atoms with van der Waals surface area (Å²) in [6.07, 6.45) is 0. The predicted molar refractivity (Wildman–Crippen MR) is 89.7 cm³/mol. The summed E-state index contributed by atoms with van der Waals surface area (Å²) >= 11 is 11.4. The molecule has 0 saturated heterocycles. The first-order chi connectivity index (χ1) is 9.45. The summed E-state index contributed by atoms with van der Waals surface area (Å²) in [6, 6.07) is 3.70. The highest BCUT2D eigenvalue weighted by Gasteiger charge is 2.12. The van der Waals surface area contributed by atoms with Gasteiger partial charge in [-0.25, -0.2) is 5.10 Å². The maximum atomic E-state index is 11.9. The number of hydrogen-bond acceptors (Lipinski definition) is 5. The van der Waals surface area contributed by atoms with Crippen LogP contribution >= 0.6 is 59.6 Å². The smallest absolute Gasteiger partial charge is 0.234 e. The predicted octanol–water partition coefficient (Wildman–Crippen LogP) is 3.41. The molecule has 0 spiro atoms. The molecule has 1 amide bonds. The molecule has 1 aromatic heterocycles. The number of thioether (sulfide) groups is 1. The van der Waals surface area contributed by atoms with Crippen LogP contribution in [0.1, 0.15) is 0 Å². The second-order valence-corrected chi connectivity index (χ2v) is 7.15. The second-order valence-electron chi connectivity index (χ2n) is 3.58. The fourth-order valence-electron chi connectivity index (χ4n) is 1.29. The van der Waals surface area contributed by atoms with Gasteiger partial charge in [-0.2, -0.15) is 4.98 Å². The van der Waals surface area contributed by atoms with Crippen LogP contribution in [-0.4, -0.2) is 26.8 Å². The van der Waals surface area contributed by atoms with Crippen molar-refractivity contribution in [3.8, 4) is 0 Å². The highest BCUT2D eigenvalue weighted by Crippen LogP contribution is 2.34. The van der Waals surface area contributed by atoms with Crippen molar-refractivity contribution in [1.29, 1.82) is 0 Å². The normalized spacial score (nSPS) is 10.6. The molecule has 0 radical (unpaired) electrons. The highest BCUT2D eigenvalue weighted by atomic mass is 79.9. The lowest BCUT2D eigenvalue weighted by Gasteiger charge is -2.09. The number of carbonyl (C=O) groups excluding carboxylic acids is 1. The molecule has 106 valence electrons. The van der Waals surface area contributed by atoms with Gasteiger partial charge in [-0.05, 0) is 44.0 Å². The fourth-order valence-corrected chi connectivity index (χ4v) is 4.35. The van der Waals surface area contributed by atoms with E-state index in [4.69, 9.17) is 5.73 Å². The van der Waals surface area contributed by atoms with Crippen LogP contribution < -0.4 is 11.1 Å². The highest BCUT2D eigenvalue weighted by molar-refractivity contribution is 9.11. The van der Waals surface area contributed by atoms with Gasteiger partial charge in [0, 0.05) is 13.4 Å². The Morgan fingerprint density at radius 2 is 2.00 bits per heavy atom. The SMILES string of the molecule is Nc1nc(SCC(=O)Nc2c(Br)cc(Br)cc2Br)n[nH]1. The number of rotatable bonds is 4. The first-order valence-corrected chi connectivity index (χ1v) is 8.57. The number of benzene rings is 1. The van der Waals surface area contributed by atoms with E-state index in [1.165, 1.54) is 11.8 Å². The van der Waals surface area contributed by atoms with Gasteiger partial charge in [0.15, 0.2) is 0 Å². The van der Waals surface area contributed by atoms with Crippen LogP contribution in [0.3, 0.4) is 0 Å².